The van der Waals surface area contributed by atoms with Gasteiger partial charge in [-0.3, -0.25) is 4.79 Å². The van der Waals surface area contributed by atoms with E-state index < -0.39 is 15.8 Å². The maximum Gasteiger partial charge on any atom is 0.224 e. The van der Waals surface area contributed by atoms with Gasteiger partial charge in [-0.25, -0.2) is 13.4 Å². The fraction of sp³-hybridized carbons (Fsp3) is 0.375. The standard InChI is InChI=1S/C16H18N2O4S2/c1-22-13-4-2-3-11(7-13)16-18-9-14(23-16)8-17-15(19)12-5-6-24(20,21)10-12/h2-4,7,9,12H,5-6,8,10H2,1H3,(H,17,19). The van der Waals surface area contributed by atoms with Gasteiger partial charge in [0.1, 0.15) is 10.8 Å². The fourth-order valence-electron chi connectivity index (χ4n) is 2.60. The van der Waals surface area contributed by atoms with Crippen molar-refractivity contribution >= 4 is 27.1 Å². The van der Waals surface area contributed by atoms with Crippen LogP contribution >= 0.6 is 11.3 Å². The van der Waals surface area contributed by atoms with Crippen LogP contribution in [0.25, 0.3) is 10.6 Å². The molecule has 1 saturated heterocycles. The Hall–Kier alpha value is -1.93. The van der Waals surface area contributed by atoms with Crippen LogP contribution in [0, 0.1) is 5.92 Å². The smallest absolute Gasteiger partial charge is 0.224 e. The summed E-state index contributed by atoms with van der Waals surface area (Å²) in [6.07, 6.45) is 2.14. The first kappa shape index (κ1) is 16.9. The first-order chi connectivity index (χ1) is 11.5. The van der Waals surface area contributed by atoms with Gasteiger partial charge in [0.05, 0.1) is 31.1 Å². The summed E-state index contributed by atoms with van der Waals surface area (Å²) in [6.45, 7) is 0.358. The van der Waals surface area contributed by atoms with Crippen molar-refractivity contribution in [1.29, 1.82) is 0 Å². The molecular weight excluding hydrogens is 348 g/mol. The number of sulfone groups is 1. The number of benzene rings is 1. The third-order valence-corrected chi connectivity index (χ3v) is 6.72. The molecule has 1 fully saturated rings. The van der Waals surface area contributed by atoms with E-state index in [1.807, 2.05) is 24.3 Å². The SMILES string of the molecule is COc1cccc(-c2ncc(CNC(=O)C3CCS(=O)(=O)C3)s2)c1. The number of nitrogens with one attached hydrogen (secondary N) is 1. The summed E-state index contributed by atoms with van der Waals surface area (Å²) in [6, 6.07) is 7.63. The predicted molar refractivity (Wildman–Crippen MR) is 92.7 cm³/mol. The van der Waals surface area contributed by atoms with E-state index in [0.29, 0.717) is 13.0 Å². The van der Waals surface area contributed by atoms with E-state index in [1.165, 1.54) is 11.3 Å². The second-order valence-corrected chi connectivity index (χ2v) is 9.03. The number of ether oxygens (including phenoxy) is 1. The predicted octanol–water partition coefficient (Wildman–Crippen LogP) is 1.87. The lowest BCUT2D eigenvalue weighted by molar-refractivity contribution is -0.124. The van der Waals surface area contributed by atoms with Crippen molar-refractivity contribution in [2.24, 2.45) is 5.92 Å². The van der Waals surface area contributed by atoms with Gasteiger partial charge < -0.3 is 10.1 Å². The molecule has 3 rings (SSSR count). The molecule has 1 amide bonds. The van der Waals surface area contributed by atoms with Crippen LogP contribution in [0.1, 0.15) is 11.3 Å². The molecule has 0 radical (unpaired) electrons. The summed E-state index contributed by atoms with van der Waals surface area (Å²) in [7, 11) is -1.43. The van der Waals surface area contributed by atoms with E-state index in [9.17, 15) is 13.2 Å². The molecule has 1 atom stereocenters. The normalized spacial score (nSPS) is 19.1. The second kappa shape index (κ2) is 6.90. The molecule has 1 N–H and O–H groups in total. The Labute approximate surface area is 144 Å². The van der Waals surface area contributed by atoms with Crippen molar-refractivity contribution in [3.8, 4) is 16.3 Å². The van der Waals surface area contributed by atoms with Gasteiger partial charge in [-0.2, -0.15) is 0 Å². The van der Waals surface area contributed by atoms with Gasteiger partial charge in [0, 0.05) is 16.6 Å². The highest BCUT2D eigenvalue weighted by Gasteiger charge is 2.32. The summed E-state index contributed by atoms with van der Waals surface area (Å²) >= 11 is 1.49. The topological polar surface area (TPSA) is 85.4 Å². The molecule has 1 aromatic carbocycles. The summed E-state index contributed by atoms with van der Waals surface area (Å²) in [5.74, 6) is 0.190. The molecule has 0 spiro atoms. The zero-order chi connectivity index (χ0) is 17.2. The zero-order valence-electron chi connectivity index (χ0n) is 13.2. The largest absolute Gasteiger partial charge is 0.497 e. The third kappa shape index (κ3) is 3.93. The number of carbonyl (C=O) groups is 1. The van der Waals surface area contributed by atoms with Gasteiger partial charge in [0.25, 0.3) is 0 Å². The summed E-state index contributed by atoms with van der Waals surface area (Å²) < 4.78 is 28.1. The highest BCUT2D eigenvalue weighted by molar-refractivity contribution is 7.91. The molecule has 1 aliphatic rings. The van der Waals surface area contributed by atoms with Crippen LogP contribution in [-0.4, -0.2) is 37.9 Å². The molecule has 0 saturated carbocycles. The minimum absolute atomic E-state index is 0.0451. The van der Waals surface area contributed by atoms with Crippen LogP contribution in [-0.2, 0) is 21.2 Å². The lowest BCUT2D eigenvalue weighted by Gasteiger charge is -2.07. The van der Waals surface area contributed by atoms with Crippen molar-refractivity contribution < 1.29 is 17.9 Å². The van der Waals surface area contributed by atoms with Gasteiger partial charge in [-0.1, -0.05) is 12.1 Å². The lowest BCUT2D eigenvalue weighted by atomic mass is 10.1. The van der Waals surface area contributed by atoms with E-state index in [4.69, 9.17) is 4.74 Å². The van der Waals surface area contributed by atoms with Gasteiger partial charge in [0.15, 0.2) is 9.84 Å². The van der Waals surface area contributed by atoms with Crippen LogP contribution < -0.4 is 10.1 Å². The number of hydrogen-bond acceptors (Lipinski definition) is 6. The van der Waals surface area contributed by atoms with Crippen LogP contribution in [0.2, 0.25) is 0 Å². The number of thiazole rings is 1. The maximum absolute atomic E-state index is 12.1. The molecule has 2 aromatic rings. The van der Waals surface area contributed by atoms with E-state index in [2.05, 4.69) is 10.3 Å². The number of aromatic nitrogens is 1. The number of hydrogen-bond donors (Lipinski definition) is 1. The molecule has 8 heteroatoms. The molecule has 0 bridgehead atoms. The van der Waals surface area contributed by atoms with Crippen molar-refractivity contribution in [3.63, 3.8) is 0 Å². The highest BCUT2D eigenvalue weighted by atomic mass is 32.2. The number of rotatable bonds is 5. The molecule has 24 heavy (non-hydrogen) atoms. The van der Waals surface area contributed by atoms with Crippen LogP contribution in [0.4, 0.5) is 0 Å². The number of nitrogens with zero attached hydrogens (tertiary/aromatic N) is 1. The van der Waals surface area contributed by atoms with Crippen LogP contribution in [0.5, 0.6) is 5.75 Å². The number of amides is 1. The maximum atomic E-state index is 12.1. The van der Waals surface area contributed by atoms with Crippen molar-refractivity contribution in [2.75, 3.05) is 18.6 Å². The molecule has 1 aromatic heterocycles. The van der Waals surface area contributed by atoms with E-state index in [1.54, 1.807) is 13.3 Å². The second-order valence-electron chi connectivity index (χ2n) is 5.68. The number of methoxy groups -OCH3 is 1. The zero-order valence-corrected chi connectivity index (χ0v) is 14.8. The molecule has 128 valence electrons. The van der Waals surface area contributed by atoms with Gasteiger partial charge in [-0.05, 0) is 18.6 Å². The Morgan fingerprint density at radius 2 is 2.29 bits per heavy atom. The summed E-state index contributed by atoms with van der Waals surface area (Å²) in [4.78, 5) is 17.4. The van der Waals surface area contributed by atoms with Gasteiger partial charge >= 0.3 is 0 Å². The molecule has 2 heterocycles. The summed E-state index contributed by atoms with van der Waals surface area (Å²) in [5.41, 5.74) is 0.957. The molecule has 0 aliphatic carbocycles. The monoisotopic (exact) mass is 366 g/mol. The Morgan fingerprint density at radius 3 is 3.00 bits per heavy atom. The minimum atomic E-state index is -3.04. The molecular formula is C16H18N2O4S2. The third-order valence-electron chi connectivity index (χ3n) is 3.91. The quantitative estimate of drug-likeness (QED) is 0.873. The van der Waals surface area contributed by atoms with Crippen molar-refractivity contribution in [3.05, 3.63) is 35.3 Å². The van der Waals surface area contributed by atoms with E-state index in [0.717, 1.165) is 21.2 Å². The average molecular weight is 366 g/mol. The van der Waals surface area contributed by atoms with Gasteiger partial charge in [-0.15, -0.1) is 11.3 Å². The molecule has 6 nitrogen and oxygen atoms in total. The fourth-order valence-corrected chi connectivity index (χ4v) is 5.19. The van der Waals surface area contributed by atoms with Crippen LogP contribution in [0.3, 0.4) is 0 Å². The average Bonchev–Trinajstić information content (AvgIpc) is 3.19. The first-order valence-electron chi connectivity index (χ1n) is 7.54. The Bertz CT molecular complexity index is 845. The van der Waals surface area contributed by atoms with Gasteiger partial charge in [0.2, 0.25) is 5.91 Å². The van der Waals surface area contributed by atoms with Crippen molar-refractivity contribution in [2.45, 2.75) is 13.0 Å². The van der Waals surface area contributed by atoms with Crippen molar-refractivity contribution in [1.82, 2.24) is 10.3 Å². The molecule has 1 unspecified atom stereocenters. The van der Waals surface area contributed by atoms with E-state index in [-0.39, 0.29) is 17.4 Å². The van der Waals surface area contributed by atoms with E-state index >= 15 is 0 Å². The molecule has 1 aliphatic heterocycles. The minimum Gasteiger partial charge on any atom is -0.497 e. The van der Waals surface area contributed by atoms with Crippen LogP contribution in [0.15, 0.2) is 30.5 Å². The first-order valence-corrected chi connectivity index (χ1v) is 10.2. The Morgan fingerprint density at radius 1 is 1.46 bits per heavy atom. The Balaban J connectivity index is 1.61. The summed E-state index contributed by atoms with van der Waals surface area (Å²) in [5, 5.41) is 3.66. The highest BCUT2D eigenvalue weighted by Crippen LogP contribution is 2.28. The Kier molecular flexibility index (Phi) is 4.86. The lowest BCUT2D eigenvalue weighted by Crippen LogP contribution is -2.30. The number of carbonyl (C=O) groups excluding carboxylic acids is 1.